The van der Waals surface area contributed by atoms with E-state index >= 15 is 0 Å². The number of ether oxygens (including phenoxy) is 2. The second-order valence-electron chi connectivity index (χ2n) is 7.57. The Hall–Kier alpha value is -3.92. The number of methoxy groups -OCH3 is 1. The quantitative estimate of drug-likeness (QED) is 0.288. The Balaban J connectivity index is 1.81. The maximum atomic E-state index is 13.3. The number of aromatic hydroxyl groups is 1. The zero-order valence-corrected chi connectivity index (χ0v) is 18.3. The molecule has 3 aromatic rings. The van der Waals surface area contributed by atoms with E-state index in [2.05, 4.69) is 10.2 Å². The number of hydrogen-bond acceptors (Lipinski definition) is 7. The van der Waals surface area contributed by atoms with Crippen LogP contribution in [0.1, 0.15) is 41.0 Å². The van der Waals surface area contributed by atoms with Gasteiger partial charge in [0.05, 0.1) is 23.3 Å². The zero-order valence-electron chi connectivity index (χ0n) is 18.3. The highest BCUT2D eigenvalue weighted by atomic mass is 16.6. The summed E-state index contributed by atoms with van der Waals surface area (Å²) in [5.74, 6) is 0.143. The van der Waals surface area contributed by atoms with Crippen molar-refractivity contribution in [1.29, 1.82) is 0 Å². The predicted octanol–water partition coefficient (Wildman–Crippen LogP) is 3.67. The smallest absolute Gasteiger partial charge is 0.273 e. The van der Waals surface area contributed by atoms with E-state index < -0.39 is 11.0 Å². The van der Waals surface area contributed by atoms with Crippen molar-refractivity contribution in [2.45, 2.75) is 19.4 Å². The average molecular weight is 452 g/mol. The van der Waals surface area contributed by atoms with Crippen molar-refractivity contribution in [3.05, 3.63) is 69.4 Å². The van der Waals surface area contributed by atoms with Crippen molar-refractivity contribution in [2.75, 3.05) is 26.9 Å². The van der Waals surface area contributed by atoms with E-state index in [0.29, 0.717) is 54.4 Å². The Morgan fingerprint density at radius 3 is 2.67 bits per heavy atom. The average Bonchev–Trinajstić information content (AvgIpc) is 3.35. The topological polar surface area (TPSA) is 131 Å². The molecule has 2 heterocycles. The lowest BCUT2D eigenvalue weighted by Gasteiger charge is -2.26. The molecule has 0 aliphatic carbocycles. The number of rotatable bonds is 9. The number of carbonyl (C=O) groups is 1. The molecule has 10 nitrogen and oxygen atoms in total. The van der Waals surface area contributed by atoms with Gasteiger partial charge in [-0.1, -0.05) is 6.07 Å². The molecule has 0 radical (unpaired) electrons. The van der Waals surface area contributed by atoms with Crippen LogP contribution in [0.4, 0.5) is 5.69 Å². The molecule has 2 N–H and O–H groups in total. The van der Waals surface area contributed by atoms with Gasteiger partial charge in [-0.25, -0.2) is 0 Å². The van der Waals surface area contributed by atoms with Gasteiger partial charge >= 0.3 is 0 Å². The molecule has 1 aliphatic heterocycles. The van der Waals surface area contributed by atoms with Crippen LogP contribution in [-0.4, -0.2) is 57.9 Å². The third-order valence-electron chi connectivity index (χ3n) is 5.56. The van der Waals surface area contributed by atoms with Crippen molar-refractivity contribution in [2.24, 2.45) is 0 Å². The van der Waals surface area contributed by atoms with E-state index in [-0.39, 0.29) is 17.3 Å². The number of nitro benzene ring substituents is 1. The summed E-state index contributed by atoms with van der Waals surface area (Å²) in [6.45, 7) is 3.15. The van der Waals surface area contributed by atoms with Crippen LogP contribution in [0.25, 0.3) is 11.3 Å². The van der Waals surface area contributed by atoms with E-state index in [4.69, 9.17) is 9.47 Å². The van der Waals surface area contributed by atoms with Gasteiger partial charge in [-0.3, -0.25) is 20.0 Å². The van der Waals surface area contributed by atoms with Gasteiger partial charge < -0.3 is 19.5 Å². The van der Waals surface area contributed by atoms with Crippen LogP contribution in [0.15, 0.2) is 42.5 Å². The van der Waals surface area contributed by atoms with Gasteiger partial charge in [0.15, 0.2) is 11.5 Å². The Kier molecular flexibility index (Phi) is 6.27. The third-order valence-corrected chi connectivity index (χ3v) is 5.56. The maximum absolute atomic E-state index is 13.3. The number of hydrogen-bond donors (Lipinski definition) is 2. The summed E-state index contributed by atoms with van der Waals surface area (Å²) in [4.78, 5) is 25.6. The summed E-state index contributed by atoms with van der Waals surface area (Å²) in [5.41, 5.74) is 2.97. The first-order chi connectivity index (χ1) is 16.0. The van der Waals surface area contributed by atoms with Crippen LogP contribution in [0.5, 0.6) is 11.5 Å². The first-order valence-corrected chi connectivity index (χ1v) is 10.5. The number of amides is 1. The molecule has 0 saturated carbocycles. The fourth-order valence-electron chi connectivity index (χ4n) is 4.09. The Bertz CT molecular complexity index is 1170. The number of non-ortho nitro benzene ring substituents is 1. The fraction of sp³-hybridized carbons (Fsp3) is 0.304. The molecule has 1 atom stereocenters. The Labute approximate surface area is 189 Å². The molecule has 1 aromatic heterocycles. The van der Waals surface area contributed by atoms with Crippen LogP contribution in [0.3, 0.4) is 0 Å². The fourth-order valence-corrected chi connectivity index (χ4v) is 4.09. The highest BCUT2D eigenvalue weighted by Gasteiger charge is 2.42. The number of H-pyrrole nitrogens is 1. The molecule has 4 rings (SSSR count). The number of carbonyl (C=O) groups excluding carboxylic acids is 1. The molecule has 33 heavy (non-hydrogen) atoms. The molecule has 0 spiro atoms. The molecular weight excluding hydrogens is 428 g/mol. The number of benzene rings is 2. The van der Waals surface area contributed by atoms with Gasteiger partial charge in [-0.15, -0.1) is 0 Å². The number of nitro groups is 1. The number of aromatic amines is 1. The number of phenolic OH excluding ortho intramolecular Hbond substituents is 1. The molecule has 2 aromatic carbocycles. The molecule has 10 heteroatoms. The number of nitrogens with zero attached hydrogens (tertiary/aromatic N) is 3. The van der Waals surface area contributed by atoms with Crippen LogP contribution < -0.4 is 4.74 Å². The number of fused-ring (bicyclic) bond motifs is 1. The SMILES string of the molecule is CCOc1cc(C2c3c(-c4ccc([N+](=O)[O-])cc4)n[nH]c3C(=O)N2CCCOC)ccc1O. The normalized spacial score (nSPS) is 15.0. The molecule has 1 amide bonds. The van der Waals surface area contributed by atoms with Crippen LogP contribution in [-0.2, 0) is 4.74 Å². The van der Waals surface area contributed by atoms with Crippen molar-refractivity contribution in [3.63, 3.8) is 0 Å². The minimum Gasteiger partial charge on any atom is -0.504 e. The first kappa shape index (κ1) is 22.3. The Morgan fingerprint density at radius 2 is 2.00 bits per heavy atom. The molecular formula is C23H24N4O6. The lowest BCUT2D eigenvalue weighted by atomic mass is 9.95. The first-order valence-electron chi connectivity index (χ1n) is 10.5. The summed E-state index contributed by atoms with van der Waals surface area (Å²) in [5, 5.41) is 28.4. The minimum atomic E-state index is -0.479. The summed E-state index contributed by atoms with van der Waals surface area (Å²) in [7, 11) is 1.61. The minimum absolute atomic E-state index is 0.0128. The molecule has 1 unspecified atom stereocenters. The van der Waals surface area contributed by atoms with Gasteiger partial charge in [-0.2, -0.15) is 5.10 Å². The summed E-state index contributed by atoms with van der Waals surface area (Å²) in [6.07, 6.45) is 0.639. The standard InChI is InChI=1S/C23H24N4O6/c1-3-33-18-13-15(7-10-17(18)28)22-19-20(14-5-8-16(9-6-14)27(30)31)24-25-21(19)23(29)26(22)11-4-12-32-2/h5-10,13,22,28H,3-4,11-12H2,1-2H3,(H,24,25). The van der Waals surface area contributed by atoms with Gasteiger partial charge in [0.25, 0.3) is 11.6 Å². The van der Waals surface area contributed by atoms with Gasteiger partial charge in [0.2, 0.25) is 0 Å². The summed E-state index contributed by atoms with van der Waals surface area (Å²) >= 11 is 0. The number of aromatic nitrogens is 2. The largest absolute Gasteiger partial charge is 0.504 e. The highest BCUT2D eigenvalue weighted by Crippen LogP contribution is 2.44. The third kappa shape index (κ3) is 4.12. The van der Waals surface area contributed by atoms with E-state index in [1.807, 2.05) is 6.92 Å². The maximum Gasteiger partial charge on any atom is 0.273 e. The van der Waals surface area contributed by atoms with Crippen LogP contribution in [0, 0.1) is 10.1 Å². The number of phenols is 1. The Morgan fingerprint density at radius 1 is 1.24 bits per heavy atom. The molecule has 0 fully saturated rings. The lowest BCUT2D eigenvalue weighted by Crippen LogP contribution is -2.31. The second-order valence-corrected chi connectivity index (χ2v) is 7.57. The lowest BCUT2D eigenvalue weighted by molar-refractivity contribution is -0.384. The van der Waals surface area contributed by atoms with Gasteiger partial charge in [-0.05, 0) is 43.2 Å². The zero-order chi connectivity index (χ0) is 23.5. The van der Waals surface area contributed by atoms with E-state index in [1.54, 1.807) is 42.3 Å². The molecule has 172 valence electrons. The van der Waals surface area contributed by atoms with Crippen LogP contribution >= 0.6 is 0 Å². The van der Waals surface area contributed by atoms with Crippen molar-refractivity contribution < 1.29 is 24.3 Å². The molecule has 0 saturated heterocycles. The van der Waals surface area contributed by atoms with E-state index in [1.165, 1.54) is 12.1 Å². The molecule has 0 bridgehead atoms. The summed E-state index contributed by atoms with van der Waals surface area (Å²) in [6, 6.07) is 10.6. The van der Waals surface area contributed by atoms with E-state index in [0.717, 1.165) is 5.56 Å². The van der Waals surface area contributed by atoms with Crippen molar-refractivity contribution >= 4 is 11.6 Å². The van der Waals surface area contributed by atoms with Crippen LogP contribution in [0.2, 0.25) is 0 Å². The van der Waals surface area contributed by atoms with Gasteiger partial charge in [0, 0.05) is 43.5 Å². The summed E-state index contributed by atoms with van der Waals surface area (Å²) < 4.78 is 10.7. The monoisotopic (exact) mass is 452 g/mol. The van der Waals surface area contributed by atoms with Gasteiger partial charge in [0.1, 0.15) is 5.69 Å². The van der Waals surface area contributed by atoms with Crippen molar-refractivity contribution in [1.82, 2.24) is 15.1 Å². The van der Waals surface area contributed by atoms with E-state index in [9.17, 15) is 20.0 Å². The molecule has 1 aliphatic rings. The number of nitrogens with one attached hydrogen (secondary N) is 1. The van der Waals surface area contributed by atoms with Crippen molar-refractivity contribution in [3.8, 4) is 22.8 Å². The predicted molar refractivity (Wildman–Crippen MR) is 119 cm³/mol. The highest BCUT2D eigenvalue weighted by molar-refractivity contribution is 6.00. The second kappa shape index (κ2) is 9.29.